The number of amides is 2. The van der Waals surface area contributed by atoms with E-state index < -0.39 is 6.04 Å². The van der Waals surface area contributed by atoms with Crippen molar-refractivity contribution in [3.05, 3.63) is 68.9 Å². The molecule has 1 atom stereocenters. The molecule has 0 spiro atoms. The van der Waals surface area contributed by atoms with Crippen molar-refractivity contribution in [2.24, 2.45) is 0 Å². The van der Waals surface area contributed by atoms with Crippen molar-refractivity contribution < 1.29 is 9.59 Å². The van der Waals surface area contributed by atoms with Gasteiger partial charge in [-0.15, -0.1) is 16.4 Å². The highest BCUT2D eigenvalue weighted by Crippen LogP contribution is 2.28. The fourth-order valence-electron chi connectivity index (χ4n) is 3.83. The van der Waals surface area contributed by atoms with Crippen LogP contribution in [0.5, 0.6) is 0 Å². The van der Waals surface area contributed by atoms with Gasteiger partial charge in [-0.1, -0.05) is 53.2 Å². The maximum absolute atomic E-state index is 13.5. The van der Waals surface area contributed by atoms with Gasteiger partial charge in [-0.2, -0.15) is 0 Å². The monoisotopic (exact) mass is 440 g/mol. The van der Waals surface area contributed by atoms with Crippen molar-refractivity contribution in [1.29, 1.82) is 0 Å². The zero-order valence-electron chi connectivity index (χ0n) is 16.8. The molecule has 1 aromatic carbocycles. The summed E-state index contributed by atoms with van der Waals surface area (Å²) in [6.07, 6.45) is 4.23. The molecular weight excluding hydrogens is 416 g/mol. The number of carbonyl (C=O) groups is 2. The summed E-state index contributed by atoms with van der Waals surface area (Å²) in [6, 6.07) is 11.2. The lowest BCUT2D eigenvalue weighted by Crippen LogP contribution is -2.45. The van der Waals surface area contributed by atoms with E-state index in [0.29, 0.717) is 6.54 Å². The minimum absolute atomic E-state index is 0.140. The zero-order valence-corrected chi connectivity index (χ0v) is 18.4. The fourth-order valence-corrected chi connectivity index (χ4v) is 4.96. The van der Waals surface area contributed by atoms with Gasteiger partial charge >= 0.3 is 0 Å². The van der Waals surface area contributed by atoms with Crippen molar-refractivity contribution in [2.45, 2.75) is 51.2 Å². The Kier molecular flexibility index (Phi) is 6.54. The average Bonchev–Trinajstić information content (AvgIpc) is 3.52. The lowest BCUT2D eigenvalue weighted by molar-refractivity contribution is -0.126. The largest absolute Gasteiger partial charge is 0.351 e. The Bertz CT molecular complexity index is 965. The Hall–Kier alpha value is -2.58. The Morgan fingerprint density at radius 3 is 2.60 bits per heavy atom. The maximum Gasteiger partial charge on any atom is 0.276 e. The third-order valence-corrected chi connectivity index (χ3v) is 6.77. The van der Waals surface area contributed by atoms with Crippen LogP contribution in [0.1, 0.15) is 58.2 Å². The van der Waals surface area contributed by atoms with Gasteiger partial charge in [0, 0.05) is 16.3 Å². The van der Waals surface area contributed by atoms with E-state index in [0.717, 1.165) is 53.2 Å². The summed E-state index contributed by atoms with van der Waals surface area (Å²) in [7, 11) is 0. The van der Waals surface area contributed by atoms with E-state index in [-0.39, 0.29) is 23.6 Å². The number of nitrogens with zero attached hydrogens (tertiary/aromatic N) is 3. The van der Waals surface area contributed by atoms with Crippen molar-refractivity contribution in [2.75, 3.05) is 0 Å². The summed E-state index contributed by atoms with van der Waals surface area (Å²) >= 11 is 2.70. The minimum atomic E-state index is -0.734. The number of carbonyl (C=O) groups excluding carboxylic acids is 2. The highest BCUT2D eigenvalue weighted by atomic mass is 32.1. The fraction of sp³-hybridized carbons (Fsp3) is 0.364. The quantitative estimate of drug-likeness (QED) is 0.593. The van der Waals surface area contributed by atoms with Gasteiger partial charge in [0.2, 0.25) is 5.91 Å². The van der Waals surface area contributed by atoms with E-state index >= 15 is 0 Å². The van der Waals surface area contributed by atoms with Crippen LogP contribution in [0.25, 0.3) is 0 Å². The standard InChI is InChI=1S/C22H24N4O2S2/c1-15-8-10-16(11-9-15)20(21(27)23-17-5-2-3-6-17)26(13-18-7-4-12-29-18)22(28)19-14-30-25-24-19/h4,7-12,14,17,20H,2-3,5-6,13H2,1H3,(H,23,27). The number of aromatic nitrogens is 2. The summed E-state index contributed by atoms with van der Waals surface area (Å²) in [5.41, 5.74) is 2.17. The Morgan fingerprint density at radius 1 is 1.20 bits per heavy atom. The van der Waals surface area contributed by atoms with E-state index in [1.54, 1.807) is 21.6 Å². The average molecular weight is 441 g/mol. The molecule has 1 fully saturated rings. The summed E-state index contributed by atoms with van der Waals surface area (Å²) in [6.45, 7) is 2.34. The third kappa shape index (κ3) is 4.76. The van der Waals surface area contributed by atoms with Crippen LogP contribution >= 0.6 is 22.9 Å². The van der Waals surface area contributed by atoms with E-state index in [1.807, 2.05) is 48.7 Å². The number of hydrogen-bond acceptors (Lipinski definition) is 6. The Morgan fingerprint density at radius 2 is 1.97 bits per heavy atom. The van der Waals surface area contributed by atoms with Gasteiger partial charge in [0.15, 0.2) is 5.69 Å². The first-order chi connectivity index (χ1) is 14.6. The molecule has 30 heavy (non-hydrogen) atoms. The molecule has 2 amide bonds. The molecule has 8 heteroatoms. The van der Waals surface area contributed by atoms with Crippen molar-refractivity contribution >= 4 is 34.7 Å². The second kappa shape index (κ2) is 9.49. The number of nitrogens with one attached hydrogen (secondary N) is 1. The molecule has 1 N–H and O–H groups in total. The number of aryl methyl sites for hydroxylation is 1. The van der Waals surface area contributed by atoms with E-state index in [2.05, 4.69) is 14.9 Å². The molecule has 2 aromatic heterocycles. The van der Waals surface area contributed by atoms with Crippen LogP contribution in [-0.4, -0.2) is 32.3 Å². The van der Waals surface area contributed by atoms with Crippen LogP contribution in [0.2, 0.25) is 0 Å². The van der Waals surface area contributed by atoms with Gasteiger partial charge in [0.1, 0.15) is 6.04 Å². The molecule has 1 saturated carbocycles. The van der Waals surface area contributed by atoms with Gasteiger partial charge in [-0.3, -0.25) is 9.59 Å². The van der Waals surface area contributed by atoms with E-state index in [1.165, 1.54) is 0 Å². The predicted molar refractivity (Wildman–Crippen MR) is 118 cm³/mol. The zero-order chi connectivity index (χ0) is 20.9. The first kappa shape index (κ1) is 20.7. The lowest BCUT2D eigenvalue weighted by atomic mass is 10.0. The van der Waals surface area contributed by atoms with Crippen molar-refractivity contribution in [1.82, 2.24) is 19.8 Å². The minimum Gasteiger partial charge on any atom is -0.351 e. The van der Waals surface area contributed by atoms with Crippen LogP contribution in [0.4, 0.5) is 0 Å². The number of hydrogen-bond donors (Lipinski definition) is 1. The molecular formula is C22H24N4O2S2. The van der Waals surface area contributed by atoms with Gasteiger partial charge in [-0.05, 0) is 48.3 Å². The van der Waals surface area contributed by atoms with Crippen LogP contribution in [0.3, 0.4) is 0 Å². The number of rotatable bonds is 7. The Balaban J connectivity index is 1.71. The molecule has 0 radical (unpaired) electrons. The second-order valence-corrected chi connectivity index (χ2v) is 9.25. The highest BCUT2D eigenvalue weighted by molar-refractivity contribution is 7.09. The van der Waals surface area contributed by atoms with E-state index in [4.69, 9.17) is 0 Å². The molecule has 1 unspecified atom stereocenters. The van der Waals surface area contributed by atoms with Crippen LogP contribution in [0.15, 0.2) is 47.2 Å². The SMILES string of the molecule is Cc1ccc(C(C(=O)NC2CCCC2)N(Cc2cccs2)C(=O)c2csnn2)cc1. The molecule has 0 saturated heterocycles. The normalized spacial score (nSPS) is 15.1. The summed E-state index contributed by atoms with van der Waals surface area (Å²) in [4.78, 5) is 29.5. The molecule has 156 valence electrons. The van der Waals surface area contributed by atoms with E-state index in [9.17, 15) is 9.59 Å². The topological polar surface area (TPSA) is 75.2 Å². The van der Waals surface area contributed by atoms with Gasteiger partial charge in [0.25, 0.3) is 5.91 Å². The molecule has 2 heterocycles. The highest BCUT2D eigenvalue weighted by Gasteiger charge is 2.34. The molecule has 1 aliphatic rings. The summed E-state index contributed by atoms with van der Waals surface area (Å²) in [5, 5.41) is 10.8. The van der Waals surface area contributed by atoms with Gasteiger partial charge in [0.05, 0.1) is 6.54 Å². The molecule has 4 rings (SSSR count). The lowest BCUT2D eigenvalue weighted by Gasteiger charge is -2.31. The Labute approximate surface area is 184 Å². The molecule has 0 aliphatic heterocycles. The molecule has 1 aliphatic carbocycles. The van der Waals surface area contributed by atoms with Gasteiger partial charge in [-0.25, -0.2) is 0 Å². The molecule has 3 aromatic rings. The summed E-state index contributed by atoms with van der Waals surface area (Å²) in [5.74, 6) is -0.428. The third-order valence-electron chi connectivity index (χ3n) is 5.40. The summed E-state index contributed by atoms with van der Waals surface area (Å²) < 4.78 is 3.84. The number of benzene rings is 1. The van der Waals surface area contributed by atoms with Crippen LogP contribution in [0, 0.1) is 6.92 Å². The predicted octanol–water partition coefficient (Wildman–Crippen LogP) is 4.35. The molecule has 0 bridgehead atoms. The van der Waals surface area contributed by atoms with Gasteiger partial charge < -0.3 is 10.2 Å². The first-order valence-electron chi connectivity index (χ1n) is 10.1. The smallest absolute Gasteiger partial charge is 0.276 e. The molecule has 6 nitrogen and oxygen atoms in total. The first-order valence-corrected chi connectivity index (χ1v) is 11.8. The van der Waals surface area contributed by atoms with Crippen molar-refractivity contribution in [3.8, 4) is 0 Å². The maximum atomic E-state index is 13.5. The van der Waals surface area contributed by atoms with Crippen LogP contribution < -0.4 is 5.32 Å². The second-order valence-electron chi connectivity index (χ2n) is 7.61. The number of thiophene rings is 1. The van der Waals surface area contributed by atoms with Crippen LogP contribution in [-0.2, 0) is 11.3 Å². The van der Waals surface area contributed by atoms with Crippen molar-refractivity contribution in [3.63, 3.8) is 0 Å².